The number of hydrogen-bond donors (Lipinski definition) is 0. The largest absolute Gasteiger partial charge is 0.493 e. The number of methoxy groups -OCH3 is 2. The van der Waals surface area contributed by atoms with Crippen molar-refractivity contribution in [2.45, 2.75) is 12.3 Å². The van der Waals surface area contributed by atoms with Crippen LogP contribution < -0.4 is 9.47 Å². The fourth-order valence-corrected chi connectivity index (χ4v) is 3.01. The maximum absolute atomic E-state index is 12.3. The lowest BCUT2D eigenvalue weighted by Crippen LogP contribution is -2.16. The van der Waals surface area contributed by atoms with Gasteiger partial charge in [0.2, 0.25) is 6.54 Å². The summed E-state index contributed by atoms with van der Waals surface area (Å²) in [5, 5.41) is 12.8. The van der Waals surface area contributed by atoms with Crippen molar-refractivity contribution in [2.24, 2.45) is 0 Å². The summed E-state index contributed by atoms with van der Waals surface area (Å²) in [4.78, 5) is 23.5. The molecule has 1 atom stereocenters. The number of ether oxygens (including phenoxy) is 2. The number of carbonyl (C=O) groups excluding carboxylic acids is 1. The van der Waals surface area contributed by atoms with Gasteiger partial charge in [-0.15, -0.1) is 11.3 Å². The smallest absolute Gasteiger partial charge is 0.211 e. The van der Waals surface area contributed by atoms with Gasteiger partial charge in [-0.05, 0) is 29.1 Å². The molecule has 1 heterocycles. The maximum atomic E-state index is 12.3. The summed E-state index contributed by atoms with van der Waals surface area (Å²) < 4.78 is 10.4. The van der Waals surface area contributed by atoms with Gasteiger partial charge in [0.05, 0.1) is 25.0 Å². The van der Waals surface area contributed by atoms with Crippen LogP contribution >= 0.6 is 11.3 Å². The molecule has 1 unspecified atom stereocenters. The normalized spacial score (nSPS) is 11.7. The highest BCUT2D eigenvalue weighted by molar-refractivity contribution is 7.12. The lowest BCUT2D eigenvalue weighted by atomic mass is 9.93. The molecule has 0 N–H and O–H groups in total. The molecule has 2 aromatic rings. The molecule has 0 saturated heterocycles. The van der Waals surface area contributed by atoms with Crippen LogP contribution in [0, 0.1) is 10.1 Å². The summed E-state index contributed by atoms with van der Waals surface area (Å²) in [7, 11) is 3.02. The molecule has 0 spiro atoms. The van der Waals surface area contributed by atoms with Gasteiger partial charge in [-0.3, -0.25) is 14.9 Å². The van der Waals surface area contributed by atoms with E-state index in [9.17, 15) is 14.9 Å². The predicted molar refractivity (Wildman–Crippen MR) is 87.4 cm³/mol. The van der Waals surface area contributed by atoms with Gasteiger partial charge in [-0.25, -0.2) is 0 Å². The maximum Gasteiger partial charge on any atom is 0.211 e. The van der Waals surface area contributed by atoms with Gasteiger partial charge >= 0.3 is 0 Å². The molecule has 2 rings (SSSR count). The first-order valence-corrected chi connectivity index (χ1v) is 7.83. The van der Waals surface area contributed by atoms with E-state index >= 15 is 0 Å². The van der Waals surface area contributed by atoms with Crippen molar-refractivity contribution in [1.29, 1.82) is 0 Å². The summed E-state index contributed by atoms with van der Waals surface area (Å²) in [6.45, 7) is -0.313. The van der Waals surface area contributed by atoms with Crippen LogP contribution in [0.4, 0.5) is 0 Å². The van der Waals surface area contributed by atoms with Crippen molar-refractivity contribution >= 4 is 17.1 Å². The quantitative estimate of drug-likeness (QED) is 0.420. The van der Waals surface area contributed by atoms with Gasteiger partial charge < -0.3 is 9.47 Å². The van der Waals surface area contributed by atoms with E-state index in [1.165, 1.54) is 25.6 Å². The van der Waals surface area contributed by atoms with E-state index in [0.29, 0.717) is 21.9 Å². The fourth-order valence-electron chi connectivity index (χ4n) is 2.34. The standard InChI is InChI=1S/C16H17NO5S/c1-21-14-6-5-11(9-15(14)22-2)12(10-17(19)20)8-13(18)16-4-3-7-23-16/h3-7,9,12H,8,10H2,1-2H3. The molecule has 0 amide bonds. The zero-order valence-electron chi connectivity index (χ0n) is 12.9. The Labute approximate surface area is 137 Å². The molecular formula is C16H17NO5S. The molecule has 23 heavy (non-hydrogen) atoms. The molecule has 1 aromatic carbocycles. The number of rotatable bonds is 8. The van der Waals surface area contributed by atoms with E-state index in [1.807, 2.05) is 5.38 Å². The van der Waals surface area contributed by atoms with E-state index in [-0.39, 0.29) is 18.7 Å². The van der Waals surface area contributed by atoms with Gasteiger partial charge in [0.25, 0.3) is 0 Å². The SMILES string of the molecule is COc1ccc(C(CC(=O)c2cccs2)C[N+](=O)[O-])cc1OC. The number of nitro groups is 1. The number of ketones is 1. The number of hydrogen-bond acceptors (Lipinski definition) is 6. The zero-order chi connectivity index (χ0) is 16.8. The second-order valence-electron chi connectivity index (χ2n) is 4.93. The van der Waals surface area contributed by atoms with Crippen LogP contribution in [0.1, 0.15) is 27.6 Å². The molecule has 0 aliphatic carbocycles. The minimum absolute atomic E-state index is 0.0803. The molecule has 0 aliphatic heterocycles. The van der Waals surface area contributed by atoms with E-state index < -0.39 is 10.8 Å². The number of carbonyl (C=O) groups is 1. The summed E-state index contributed by atoms with van der Waals surface area (Å²) in [5.41, 5.74) is 0.684. The molecular weight excluding hydrogens is 318 g/mol. The van der Waals surface area contributed by atoms with Crippen LogP contribution in [0.3, 0.4) is 0 Å². The van der Waals surface area contributed by atoms with Gasteiger partial charge in [-0.1, -0.05) is 12.1 Å². The van der Waals surface area contributed by atoms with Crippen LogP contribution in [0.15, 0.2) is 35.7 Å². The highest BCUT2D eigenvalue weighted by Crippen LogP contribution is 2.32. The minimum atomic E-state index is -0.514. The Morgan fingerprint density at radius 1 is 1.26 bits per heavy atom. The molecule has 1 aromatic heterocycles. The number of Topliss-reactive ketones (excluding diaryl/α,β-unsaturated/α-hetero) is 1. The van der Waals surface area contributed by atoms with E-state index in [4.69, 9.17) is 9.47 Å². The number of nitrogens with zero attached hydrogens (tertiary/aromatic N) is 1. The van der Waals surface area contributed by atoms with Crippen LogP contribution in [0.25, 0.3) is 0 Å². The molecule has 0 bridgehead atoms. The Morgan fingerprint density at radius 2 is 2.00 bits per heavy atom. The lowest BCUT2D eigenvalue weighted by Gasteiger charge is -2.15. The van der Waals surface area contributed by atoms with Crippen molar-refractivity contribution < 1.29 is 19.2 Å². The van der Waals surface area contributed by atoms with Crippen molar-refractivity contribution in [3.8, 4) is 11.5 Å². The van der Waals surface area contributed by atoms with E-state index in [2.05, 4.69) is 0 Å². The van der Waals surface area contributed by atoms with Crippen LogP contribution in [0.2, 0.25) is 0 Å². The highest BCUT2D eigenvalue weighted by atomic mass is 32.1. The summed E-state index contributed by atoms with van der Waals surface area (Å²) >= 11 is 1.34. The Kier molecular flexibility index (Phi) is 5.70. The van der Waals surface area contributed by atoms with Crippen molar-refractivity contribution in [1.82, 2.24) is 0 Å². The van der Waals surface area contributed by atoms with E-state index in [0.717, 1.165) is 0 Å². The van der Waals surface area contributed by atoms with Crippen LogP contribution in [-0.2, 0) is 0 Å². The first kappa shape index (κ1) is 17.0. The van der Waals surface area contributed by atoms with Crippen LogP contribution in [0.5, 0.6) is 11.5 Å². The third-order valence-electron chi connectivity index (χ3n) is 3.48. The van der Waals surface area contributed by atoms with Gasteiger partial charge in [0.1, 0.15) is 0 Å². The topological polar surface area (TPSA) is 78.7 Å². The second kappa shape index (κ2) is 7.73. The fraction of sp³-hybridized carbons (Fsp3) is 0.312. The van der Waals surface area contributed by atoms with Crippen molar-refractivity contribution in [3.05, 3.63) is 56.3 Å². The second-order valence-corrected chi connectivity index (χ2v) is 5.88. The Bertz CT molecular complexity index is 684. The Morgan fingerprint density at radius 3 is 2.57 bits per heavy atom. The monoisotopic (exact) mass is 335 g/mol. The first-order valence-electron chi connectivity index (χ1n) is 6.95. The minimum Gasteiger partial charge on any atom is -0.493 e. The molecule has 0 radical (unpaired) electrons. The molecule has 6 nitrogen and oxygen atoms in total. The third-order valence-corrected chi connectivity index (χ3v) is 4.39. The first-order chi connectivity index (χ1) is 11.0. The lowest BCUT2D eigenvalue weighted by molar-refractivity contribution is -0.483. The molecule has 0 saturated carbocycles. The number of thiophene rings is 1. The van der Waals surface area contributed by atoms with Crippen molar-refractivity contribution in [2.75, 3.05) is 20.8 Å². The van der Waals surface area contributed by atoms with Crippen LogP contribution in [-0.4, -0.2) is 31.5 Å². The summed E-state index contributed by atoms with van der Waals surface area (Å²) in [5.74, 6) is 0.420. The number of benzene rings is 1. The van der Waals surface area contributed by atoms with Crippen molar-refractivity contribution in [3.63, 3.8) is 0 Å². The third kappa shape index (κ3) is 4.29. The molecule has 0 aliphatic rings. The van der Waals surface area contributed by atoms with Gasteiger partial charge in [0, 0.05) is 11.3 Å². The van der Waals surface area contributed by atoms with Gasteiger partial charge in [0.15, 0.2) is 17.3 Å². The Hall–Kier alpha value is -2.41. The Balaban J connectivity index is 2.27. The molecule has 7 heteroatoms. The predicted octanol–water partition coefficient (Wildman–Crippen LogP) is 3.40. The highest BCUT2D eigenvalue weighted by Gasteiger charge is 2.24. The zero-order valence-corrected chi connectivity index (χ0v) is 13.7. The average Bonchev–Trinajstić information content (AvgIpc) is 3.07. The van der Waals surface area contributed by atoms with E-state index in [1.54, 1.807) is 30.3 Å². The summed E-state index contributed by atoms with van der Waals surface area (Å²) in [6.07, 6.45) is 0.0803. The molecule has 0 fully saturated rings. The van der Waals surface area contributed by atoms with Gasteiger partial charge in [-0.2, -0.15) is 0 Å². The summed E-state index contributed by atoms with van der Waals surface area (Å²) in [6, 6.07) is 8.63. The molecule has 122 valence electrons. The average molecular weight is 335 g/mol.